The molecule has 1 saturated carbocycles. The monoisotopic (exact) mass is 207 g/mol. The van der Waals surface area contributed by atoms with Crippen LogP contribution in [-0.4, -0.2) is 14.3 Å². The van der Waals surface area contributed by atoms with Gasteiger partial charge in [0.25, 0.3) is 0 Å². The van der Waals surface area contributed by atoms with Crippen molar-refractivity contribution < 1.29 is 0 Å². The highest BCUT2D eigenvalue weighted by Crippen LogP contribution is 2.26. The molecule has 0 radical (unpaired) electrons. The Balaban J connectivity index is 2.24. The molecular weight excluding hydrogens is 190 g/mol. The van der Waals surface area contributed by atoms with Gasteiger partial charge in [0, 0.05) is 12.2 Å². The molecule has 0 spiro atoms. The molecule has 1 fully saturated rings. The van der Waals surface area contributed by atoms with Gasteiger partial charge in [0.15, 0.2) is 0 Å². The van der Waals surface area contributed by atoms with Gasteiger partial charge < -0.3 is 0 Å². The minimum absolute atomic E-state index is 0.0139. The fourth-order valence-corrected chi connectivity index (χ4v) is 2.18. The fourth-order valence-electron chi connectivity index (χ4n) is 2.18. The van der Waals surface area contributed by atoms with Gasteiger partial charge in [-0.15, -0.1) is 0 Å². The first-order chi connectivity index (χ1) is 7.33. The smallest absolute Gasteiger partial charge is 0.278 e. The van der Waals surface area contributed by atoms with Gasteiger partial charge >= 0.3 is 5.69 Å². The summed E-state index contributed by atoms with van der Waals surface area (Å²) in [5.74, 6) is 0. The van der Waals surface area contributed by atoms with Crippen LogP contribution in [0.4, 0.5) is 0 Å². The van der Waals surface area contributed by atoms with E-state index in [4.69, 9.17) is 0 Å². The fraction of sp³-hybridized carbons (Fsp3) is 0.636. The molecule has 4 nitrogen and oxygen atoms in total. The third-order valence-corrected chi connectivity index (χ3v) is 2.98. The molecule has 0 saturated heterocycles. The standard InChI is InChI=1S/C11H17N3O/c1-2-8-14-11(15)13(9-12-14)10-6-4-3-5-7-10/h2,8-10H,3-7H2,1H3/b8-2+. The van der Waals surface area contributed by atoms with Crippen molar-refractivity contribution in [3.8, 4) is 0 Å². The van der Waals surface area contributed by atoms with Crippen molar-refractivity contribution in [2.45, 2.75) is 45.1 Å². The van der Waals surface area contributed by atoms with Gasteiger partial charge in [-0.25, -0.2) is 4.79 Å². The summed E-state index contributed by atoms with van der Waals surface area (Å²) in [5, 5.41) is 4.06. The van der Waals surface area contributed by atoms with E-state index >= 15 is 0 Å². The molecule has 1 aliphatic carbocycles. The molecule has 0 aliphatic heterocycles. The first kappa shape index (κ1) is 10.2. The summed E-state index contributed by atoms with van der Waals surface area (Å²) in [6.45, 7) is 1.88. The predicted octanol–water partition coefficient (Wildman–Crippen LogP) is 2.04. The van der Waals surface area contributed by atoms with Crippen LogP contribution in [0.2, 0.25) is 0 Å². The van der Waals surface area contributed by atoms with Crippen molar-refractivity contribution in [1.82, 2.24) is 14.3 Å². The minimum Gasteiger partial charge on any atom is -0.278 e. The molecule has 0 amide bonds. The van der Waals surface area contributed by atoms with Gasteiger partial charge in [-0.05, 0) is 19.8 Å². The van der Waals surface area contributed by atoms with Crippen LogP contribution in [0.25, 0.3) is 6.20 Å². The molecule has 82 valence electrons. The molecular formula is C11H17N3O. The molecule has 15 heavy (non-hydrogen) atoms. The highest BCUT2D eigenvalue weighted by atomic mass is 16.2. The van der Waals surface area contributed by atoms with Crippen LogP contribution >= 0.6 is 0 Å². The van der Waals surface area contributed by atoms with Crippen LogP contribution in [0.1, 0.15) is 45.1 Å². The van der Waals surface area contributed by atoms with Crippen molar-refractivity contribution in [1.29, 1.82) is 0 Å². The summed E-state index contributed by atoms with van der Waals surface area (Å²) in [4.78, 5) is 11.9. The zero-order chi connectivity index (χ0) is 10.7. The molecule has 0 bridgehead atoms. The Labute approximate surface area is 89.2 Å². The average Bonchev–Trinajstić information content (AvgIpc) is 2.63. The van der Waals surface area contributed by atoms with E-state index in [1.165, 1.54) is 23.9 Å². The lowest BCUT2D eigenvalue weighted by molar-refractivity contribution is 0.346. The maximum absolute atomic E-state index is 11.9. The van der Waals surface area contributed by atoms with E-state index in [1.807, 2.05) is 13.0 Å². The summed E-state index contributed by atoms with van der Waals surface area (Å²) in [6, 6.07) is 0.366. The summed E-state index contributed by atoms with van der Waals surface area (Å²) in [5.41, 5.74) is -0.0139. The minimum atomic E-state index is -0.0139. The molecule has 0 aromatic carbocycles. The molecule has 0 atom stereocenters. The lowest BCUT2D eigenvalue weighted by atomic mass is 9.95. The Morgan fingerprint density at radius 2 is 2.13 bits per heavy atom. The predicted molar refractivity (Wildman–Crippen MR) is 59.6 cm³/mol. The van der Waals surface area contributed by atoms with Crippen molar-refractivity contribution in [2.75, 3.05) is 0 Å². The van der Waals surface area contributed by atoms with Crippen LogP contribution in [0.3, 0.4) is 0 Å². The lowest BCUT2D eigenvalue weighted by Gasteiger charge is -2.21. The van der Waals surface area contributed by atoms with E-state index in [2.05, 4.69) is 5.10 Å². The Kier molecular flexibility index (Phi) is 3.04. The maximum Gasteiger partial charge on any atom is 0.350 e. The highest BCUT2D eigenvalue weighted by molar-refractivity contribution is 5.16. The second kappa shape index (κ2) is 4.47. The third-order valence-electron chi connectivity index (χ3n) is 2.98. The number of rotatable bonds is 2. The normalized spacial score (nSPS) is 18.7. The third kappa shape index (κ3) is 2.03. The molecule has 1 heterocycles. The topological polar surface area (TPSA) is 39.8 Å². The van der Waals surface area contributed by atoms with E-state index in [1.54, 1.807) is 17.1 Å². The van der Waals surface area contributed by atoms with Crippen molar-refractivity contribution >= 4 is 6.20 Å². The van der Waals surface area contributed by atoms with Crippen molar-refractivity contribution in [3.63, 3.8) is 0 Å². The van der Waals surface area contributed by atoms with Crippen LogP contribution in [-0.2, 0) is 0 Å². The van der Waals surface area contributed by atoms with E-state index < -0.39 is 0 Å². The number of allylic oxidation sites excluding steroid dienone is 1. The number of nitrogens with zero attached hydrogens (tertiary/aromatic N) is 3. The number of hydrogen-bond acceptors (Lipinski definition) is 2. The molecule has 4 heteroatoms. The lowest BCUT2D eigenvalue weighted by Crippen LogP contribution is -2.26. The second-order valence-electron chi connectivity index (χ2n) is 4.04. The molecule has 0 unspecified atom stereocenters. The van der Waals surface area contributed by atoms with Gasteiger partial charge in [-0.3, -0.25) is 4.57 Å². The quantitative estimate of drug-likeness (QED) is 0.744. The van der Waals surface area contributed by atoms with Gasteiger partial charge in [0.2, 0.25) is 0 Å². The summed E-state index contributed by atoms with van der Waals surface area (Å²) < 4.78 is 3.17. The van der Waals surface area contributed by atoms with Crippen LogP contribution in [0, 0.1) is 0 Å². The van der Waals surface area contributed by atoms with Crippen molar-refractivity contribution in [3.05, 3.63) is 22.9 Å². The van der Waals surface area contributed by atoms with Crippen LogP contribution < -0.4 is 5.69 Å². The Morgan fingerprint density at radius 3 is 2.80 bits per heavy atom. The molecule has 0 N–H and O–H groups in total. The van der Waals surface area contributed by atoms with Gasteiger partial charge in [-0.2, -0.15) is 9.78 Å². The molecule has 1 aliphatic rings. The first-order valence-corrected chi connectivity index (χ1v) is 5.61. The molecule has 1 aromatic rings. The van der Waals surface area contributed by atoms with E-state index in [0.29, 0.717) is 6.04 Å². The Hall–Kier alpha value is -1.32. The summed E-state index contributed by atoms with van der Waals surface area (Å²) in [6.07, 6.45) is 11.2. The van der Waals surface area contributed by atoms with Gasteiger partial charge in [-0.1, -0.05) is 25.3 Å². The Morgan fingerprint density at radius 1 is 1.40 bits per heavy atom. The first-order valence-electron chi connectivity index (χ1n) is 5.61. The number of aromatic nitrogens is 3. The largest absolute Gasteiger partial charge is 0.350 e. The van der Waals surface area contributed by atoms with Gasteiger partial charge in [0.1, 0.15) is 6.33 Å². The summed E-state index contributed by atoms with van der Waals surface area (Å²) in [7, 11) is 0. The summed E-state index contributed by atoms with van der Waals surface area (Å²) >= 11 is 0. The maximum atomic E-state index is 11.9. The highest BCUT2D eigenvalue weighted by Gasteiger charge is 2.17. The SMILES string of the molecule is C/C=C/n1ncn(C2CCCCC2)c1=O. The van der Waals surface area contributed by atoms with E-state index in [-0.39, 0.29) is 5.69 Å². The zero-order valence-corrected chi connectivity index (χ0v) is 9.09. The van der Waals surface area contributed by atoms with Gasteiger partial charge in [0.05, 0.1) is 0 Å². The molecule has 2 rings (SSSR count). The van der Waals surface area contributed by atoms with E-state index in [9.17, 15) is 4.79 Å². The van der Waals surface area contributed by atoms with Crippen LogP contribution in [0.15, 0.2) is 17.2 Å². The van der Waals surface area contributed by atoms with Crippen LogP contribution in [0.5, 0.6) is 0 Å². The second-order valence-corrected chi connectivity index (χ2v) is 4.04. The average molecular weight is 207 g/mol. The Bertz CT molecular complexity index is 396. The van der Waals surface area contributed by atoms with E-state index in [0.717, 1.165) is 12.8 Å². The van der Waals surface area contributed by atoms with Crippen molar-refractivity contribution in [2.24, 2.45) is 0 Å². The molecule has 1 aromatic heterocycles. The number of hydrogen-bond donors (Lipinski definition) is 0. The zero-order valence-electron chi connectivity index (χ0n) is 9.09.